The topological polar surface area (TPSA) is 51.7 Å². The van der Waals surface area contributed by atoms with Gasteiger partial charge in [0.15, 0.2) is 0 Å². The van der Waals surface area contributed by atoms with Crippen molar-refractivity contribution in [1.82, 2.24) is 10.0 Å². The van der Waals surface area contributed by atoms with Crippen LogP contribution in [-0.4, -0.2) is 28.3 Å². The Labute approximate surface area is 127 Å². The number of carbonyl (C=O) groups is 1. The Balaban J connectivity index is 1.84. The summed E-state index contributed by atoms with van der Waals surface area (Å²) in [5.41, 5.74) is 3.27. The fourth-order valence-electron chi connectivity index (χ4n) is 2.34. The zero-order valence-corrected chi connectivity index (χ0v) is 13.1. The molecule has 0 spiro atoms. The first-order valence-electron chi connectivity index (χ1n) is 6.92. The maximum Gasteiger partial charge on any atom is 0.435 e. The maximum atomic E-state index is 12.2. The van der Waals surface area contributed by atoms with E-state index in [0.717, 1.165) is 22.2 Å². The number of nitrogens with zero attached hydrogens (tertiary/aromatic N) is 2. The quantitative estimate of drug-likeness (QED) is 0.801. The molecule has 112 valence electrons. The zero-order chi connectivity index (χ0) is 15.0. The number of aromatic nitrogens is 1. The van der Waals surface area contributed by atoms with Gasteiger partial charge in [-0.05, 0) is 38.5 Å². The summed E-state index contributed by atoms with van der Waals surface area (Å²) in [5.74, 6) is 0. The Morgan fingerprint density at radius 1 is 1.48 bits per heavy atom. The fourth-order valence-corrected chi connectivity index (χ4v) is 3.00. The van der Waals surface area contributed by atoms with Crippen LogP contribution in [0.1, 0.15) is 38.8 Å². The molecule has 0 bridgehead atoms. The second kappa shape index (κ2) is 5.27. The van der Waals surface area contributed by atoms with Gasteiger partial charge in [-0.2, -0.15) is 5.06 Å². The van der Waals surface area contributed by atoms with Crippen LogP contribution in [-0.2, 0) is 9.57 Å². The summed E-state index contributed by atoms with van der Waals surface area (Å²) in [7, 11) is 0. The van der Waals surface area contributed by atoms with Crippen LogP contribution in [0.2, 0.25) is 0 Å². The first-order chi connectivity index (χ1) is 9.94. The van der Waals surface area contributed by atoms with Crippen LogP contribution in [0.3, 0.4) is 0 Å². The van der Waals surface area contributed by atoms with Gasteiger partial charge in [0.05, 0.1) is 28.4 Å². The number of hydroxylamine groups is 2. The second-order valence-corrected chi connectivity index (χ2v) is 6.91. The van der Waals surface area contributed by atoms with Gasteiger partial charge in [-0.1, -0.05) is 6.07 Å². The smallest absolute Gasteiger partial charge is 0.435 e. The lowest BCUT2D eigenvalue weighted by molar-refractivity contribution is -0.125. The molecular weight excluding hydrogens is 288 g/mol. The first kappa shape index (κ1) is 14.3. The van der Waals surface area contributed by atoms with Crippen molar-refractivity contribution >= 4 is 27.6 Å². The van der Waals surface area contributed by atoms with Crippen molar-refractivity contribution < 1.29 is 14.4 Å². The third kappa shape index (κ3) is 3.01. The van der Waals surface area contributed by atoms with Crippen molar-refractivity contribution in [1.29, 1.82) is 0 Å². The molecule has 1 aliphatic rings. The van der Waals surface area contributed by atoms with Crippen LogP contribution in [0.4, 0.5) is 4.79 Å². The molecule has 6 heteroatoms. The fraction of sp³-hybridized carbons (Fsp3) is 0.467. The standard InChI is InChI=1S/C15H18N2O3S/c1-15(2,3)20-14(18)17-12(6-7-19-17)10-4-5-13-11(8-10)16-9-21-13/h4-5,8-9,12H,6-7H2,1-3H3. The van der Waals surface area contributed by atoms with Crippen molar-refractivity contribution in [3.8, 4) is 0 Å². The largest absolute Gasteiger partial charge is 0.442 e. The summed E-state index contributed by atoms with van der Waals surface area (Å²) in [6, 6.07) is 5.96. The van der Waals surface area contributed by atoms with Gasteiger partial charge in [0.25, 0.3) is 0 Å². The predicted molar refractivity (Wildman–Crippen MR) is 81.0 cm³/mol. The van der Waals surface area contributed by atoms with Gasteiger partial charge in [0.1, 0.15) is 5.60 Å². The molecular formula is C15H18N2O3S. The van der Waals surface area contributed by atoms with Crippen molar-refractivity contribution in [2.75, 3.05) is 6.61 Å². The summed E-state index contributed by atoms with van der Waals surface area (Å²) < 4.78 is 6.53. The molecule has 1 amide bonds. The molecule has 1 saturated heterocycles. The second-order valence-electron chi connectivity index (χ2n) is 6.02. The van der Waals surface area contributed by atoms with Gasteiger partial charge < -0.3 is 4.74 Å². The number of ether oxygens (including phenoxy) is 1. The van der Waals surface area contributed by atoms with E-state index in [0.29, 0.717) is 6.61 Å². The summed E-state index contributed by atoms with van der Waals surface area (Å²) in [5, 5.41) is 1.35. The van der Waals surface area contributed by atoms with Gasteiger partial charge in [-0.25, -0.2) is 9.78 Å². The average molecular weight is 306 g/mol. The maximum absolute atomic E-state index is 12.2. The Kier molecular flexibility index (Phi) is 3.59. The van der Waals surface area contributed by atoms with E-state index in [2.05, 4.69) is 4.98 Å². The van der Waals surface area contributed by atoms with Crippen molar-refractivity contribution in [2.45, 2.75) is 38.8 Å². The number of hydrogen-bond donors (Lipinski definition) is 0. The molecule has 1 fully saturated rings. The van der Waals surface area contributed by atoms with Gasteiger partial charge in [-0.15, -0.1) is 11.3 Å². The van der Waals surface area contributed by atoms with Gasteiger partial charge in [-0.3, -0.25) is 4.84 Å². The minimum Gasteiger partial charge on any atom is -0.442 e. The van der Waals surface area contributed by atoms with E-state index < -0.39 is 11.7 Å². The molecule has 1 aromatic carbocycles. The number of carbonyl (C=O) groups excluding carboxylic acids is 1. The van der Waals surface area contributed by atoms with Gasteiger partial charge >= 0.3 is 6.09 Å². The Morgan fingerprint density at radius 3 is 3.05 bits per heavy atom. The van der Waals surface area contributed by atoms with Crippen LogP contribution >= 0.6 is 11.3 Å². The van der Waals surface area contributed by atoms with Gasteiger partial charge in [0.2, 0.25) is 0 Å². The molecule has 0 N–H and O–H groups in total. The molecule has 2 aromatic rings. The first-order valence-corrected chi connectivity index (χ1v) is 7.80. The highest BCUT2D eigenvalue weighted by atomic mass is 32.1. The normalized spacial score (nSPS) is 19.2. The summed E-state index contributed by atoms with van der Waals surface area (Å²) in [6.45, 7) is 6.05. The molecule has 0 aliphatic carbocycles. The lowest BCUT2D eigenvalue weighted by Crippen LogP contribution is -2.35. The number of thiazole rings is 1. The average Bonchev–Trinajstić information content (AvgIpc) is 3.04. The number of amides is 1. The van der Waals surface area contributed by atoms with E-state index in [4.69, 9.17) is 9.57 Å². The highest BCUT2D eigenvalue weighted by Gasteiger charge is 2.35. The predicted octanol–water partition coefficient (Wildman–Crippen LogP) is 3.91. The summed E-state index contributed by atoms with van der Waals surface area (Å²) in [6.07, 6.45) is 0.317. The third-order valence-corrected chi connectivity index (χ3v) is 4.03. The Bertz CT molecular complexity index is 662. The van der Waals surface area contributed by atoms with E-state index in [1.165, 1.54) is 5.06 Å². The van der Waals surface area contributed by atoms with E-state index in [-0.39, 0.29) is 6.04 Å². The molecule has 5 nitrogen and oxygen atoms in total. The van der Waals surface area contributed by atoms with Gasteiger partial charge in [0, 0.05) is 6.42 Å². The molecule has 1 aliphatic heterocycles. The molecule has 0 radical (unpaired) electrons. The molecule has 3 rings (SSSR count). The minimum absolute atomic E-state index is 0.119. The van der Waals surface area contributed by atoms with E-state index in [1.807, 2.05) is 44.5 Å². The van der Waals surface area contributed by atoms with E-state index in [1.54, 1.807) is 11.3 Å². The number of fused-ring (bicyclic) bond motifs is 1. The van der Waals surface area contributed by atoms with Crippen molar-refractivity contribution in [3.63, 3.8) is 0 Å². The monoisotopic (exact) mass is 306 g/mol. The van der Waals surface area contributed by atoms with Crippen molar-refractivity contribution in [3.05, 3.63) is 29.3 Å². The lowest BCUT2D eigenvalue weighted by atomic mass is 10.0. The Morgan fingerprint density at radius 2 is 2.29 bits per heavy atom. The van der Waals surface area contributed by atoms with Crippen LogP contribution in [0.5, 0.6) is 0 Å². The highest BCUT2D eigenvalue weighted by Crippen LogP contribution is 2.33. The molecule has 1 aromatic heterocycles. The van der Waals surface area contributed by atoms with E-state index >= 15 is 0 Å². The molecule has 1 atom stereocenters. The van der Waals surface area contributed by atoms with E-state index in [9.17, 15) is 4.79 Å². The molecule has 0 saturated carbocycles. The van der Waals surface area contributed by atoms with Crippen LogP contribution in [0.15, 0.2) is 23.7 Å². The summed E-state index contributed by atoms with van der Waals surface area (Å²) >= 11 is 1.61. The lowest BCUT2D eigenvalue weighted by Gasteiger charge is -2.27. The zero-order valence-electron chi connectivity index (χ0n) is 12.3. The number of benzene rings is 1. The molecule has 1 unspecified atom stereocenters. The minimum atomic E-state index is -0.535. The van der Waals surface area contributed by atoms with Crippen molar-refractivity contribution in [2.24, 2.45) is 0 Å². The highest BCUT2D eigenvalue weighted by molar-refractivity contribution is 7.16. The van der Waals surface area contributed by atoms with Crippen LogP contribution < -0.4 is 0 Å². The van der Waals surface area contributed by atoms with Crippen LogP contribution in [0.25, 0.3) is 10.2 Å². The molecule has 21 heavy (non-hydrogen) atoms. The third-order valence-electron chi connectivity index (χ3n) is 3.22. The summed E-state index contributed by atoms with van der Waals surface area (Å²) in [4.78, 5) is 22.0. The molecule has 2 heterocycles. The number of rotatable bonds is 1. The number of hydrogen-bond acceptors (Lipinski definition) is 5. The van der Waals surface area contributed by atoms with Crippen LogP contribution in [0, 0.1) is 0 Å². The SMILES string of the molecule is CC(C)(C)OC(=O)N1OCCC1c1ccc2scnc2c1. The Hall–Kier alpha value is -1.66.